The molecule has 3 aromatic heterocycles. The molecule has 0 spiro atoms. The molecule has 0 amide bonds. The predicted octanol–water partition coefficient (Wildman–Crippen LogP) is -1.15. The molecule has 2 bridgehead atoms. The van der Waals surface area contributed by atoms with E-state index in [9.17, 15) is 19.5 Å². The molecular formula is C18H22F2N12O10P2S. The first kappa shape index (κ1) is 29.9. The number of alkyl halides is 1. The molecule has 45 heavy (non-hydrogen) atoms. The summed E-state index contributed by atoms with van der Waals surface area (Å²) in [5, 5.41) is 22.2. The molecule has 0 aliphatic carbocycles. The van der Waals surface area contributed by atoms with E-state index in [1.165, 1.54) is 0 Å². The van der Waals surface area contributed by atoms with E-state index in [1.54, 1.807) is 0 Å². The number of furan rings is 1. The molecule has 7 heterocycles. The molecule has 27 heteroatoms. The molecule has 0 aromatic carbocycles. The van der Waals surface area contributed by atoms with Crippen LogP contribution < -0.4 is 37.2 Å². The molecule has 244 valence electrons. The molecule has 10 N–H and O–H groups in total. The summed E-state index contributed by atoms with van der Waals surface area (Å²) < 4.78 is 63.9. The van der Waals surface area contributed by atoms with E-state index < -0.39 is 92.6 Å². The number of nitrogen functional groups attached to an aromatic ring is 1. The van der Waals surface area contributed by atoms with Crippen LogP contribution in [0.15, 0.2) is 37.3 Å². The molecule has 3 aromatic rings. The van der Waals surface area contributed by atoms with Crippen LogP contribution in [0.3, 0.4) is 0 Å². The number of H-pyrrole nitrogens is 1. The molecular weight excluding hydrogens is 676 g/mol. The van der Waals surface area contributed by atoms with Crippen LogP contribution >= 0.6 is 27.6 Å². The number of fused-ring (bicyclic) bond motifs is 5. The van der Waals surface area contributed by atoms with Gasteiger partial charge in [0.25, 0.3) is 0 Å². The second kappa shape index (κ2) is 10.7. The predicted molar refractivity (Wildman–Crippen MR) is 150 cm³/mol. The monoisotopic (exact) mass is 698 g/mol. The second-order valence-corrected chi connectivity index (χ2v) is 14.4. The standard InChI is InChI=1S/C18H22F2N12O10P2S/c19-6-4-1-37-43(34,35)41-10-5(40-16(7(10)20)31-13-8(27-29-31)12(21)23-3-24-13)2-38-44(36,45)42-11(6)17(39-4)32-14-9(28-30-32)15(33)26-18(22)25-14/h1,6,8,12-13,23-24,34-36,43-45H,2-3,21H2,(H3,22,25,26,33)/b4-1+/t6-,8?,12+,13?/m0/s1. The van der Waals surface area contributed by atoms with Crippen molar-refractivity contribution in [2.24, 2.45) is 16.1 Å². The minimum atomic E-state index is -5.42. The van der Waals surface area contributed by atoms with E-state index >= 15 is 8.78 Å². The molecule has 1 saturated heterocycles. The minimum absolute atomic E-state index is 0.215. The van der Waals surface area contributed by atoms with Crippen molar-refractivity contribution in [2.75, 3.05) is 17.4 Å². The number of aromatic amines is 1. The Bertz CT molecular complexity index is 1850. The van der Waals surface area contributed by atoms with Gasteiger partial charge < -0.3 is 0 Å². The van der Waals surface area contributed by atoms with Crippen LogP contribution in [0.25, 0.3) is 17.0 Å². The number of thiol groups is 1. The number of ether oxygens (including phenoxy) is 1. The van der Waals surface area contributed by atoms with Gasteiger partial charge in [0.05, 0.1) is 0 Å². The summed E-state index contributed by atoms with van der Waals surface area (Å²) in [5.41, 5.74) is 10.2. The Hall–Kier alpha value is -3.77. The van der Waals surface area contributed by atoms with Gasteiger partial charge in [0.1, 0.15) is 0 Å². The summed E-state index contributed by atoms with van der Waals surface area (Å²) in [5.74, 6) is -5.95. The SMILES string of the molecule is Nc1nc2c(nnn2C2=C3O[PH](O)(S)OCc4oc(N5N=NC6C5NCN[C@H]6N)c(F)c4O[PH](O)(O)O/C=C(/O2)[C@@H]3F)c(=O)[nH]1. The second-order valence-electron chi connectivity index (χ2n) is 9.56. The molecule has 0 saturated carbocycles. The van der Waals surface area contributed by atoms with Gasteiger partial charge in [-0.15, -0.1) is 0 Å². The van der Waals surface area contributed by atoms with Gasteiger partial charge in [-0.1, -0.05) is 0 Å². The fraction of sp³-hybridized carbons (Fsp3) is 0.333. The average Bonchev–Trinajstić information content (AvgIpc) is 3.72. The van der Waals surface area contributed by atoms with Gasteiger partial charge in [-0.25, -0.2) is 0 Å². The molecule has 2 unspecified atom stereocenters. The summed E-state index contributed by atoms with van der Waals surface area (Å²) in [7, 11) is -10.2. The van der Waals surface area contributed by atoms with Crippen molar-refractivity contribution in [3.8, 4) is 5.75 Å². The third-order valence-corrected chi connectivity index (χ3v) is 9.14. The maximum absolute atomic E-state index is 15.8. The van der Waals surface area contributed by atoms with Crippen LogP contribution in [0.2, 0.25) is 0 Å². The van der Waals surface area contributed by atoms with Crippen LogP contribution in [-0.4, -0.2) is 70.9 Å². The van der Waals surface area contributed by atoms with Crippen LogP contribution in [0.5, 0.6) is 5.75 Å². The number of anilines is 2. The number of hydrogen-bond donors (Lipinski definition) is 9. The van der Waals surface area contributed by atoms with Gasteiger partial charge in [-0.2, -0.15) is 0 Å². The topological polar surface area (TPSA) is 301 Å². The van der Waals surface area contributed by atoms with Gasteiger partial charge in [0.15, 0.2) is 0 Å². The van der Waals surface area contributed by atoms with E-state index in [-0.39, 0.29) is 23.8 Å². The third-order valence-electron chi connectivity index (χ3n) is 6.58. The molecule has 4 atom stereocenters. The van der Waals surface area contributed by atoms with Gasteiger partial charge >= 0.3 is 253 Å². The quantitative estimate of drug-likeness (QED) is 0.113. The van der Waals surface area contributed by atoms with E-state index in [1.807, 2.05) is 0 Å². The molecule has 22 nitrogen and oxygen atoms in total. The van der Waals surface area contributed by atoms with Crippen LogP contribution in [0.1, 0.15) is 5.76 Å². The zero-order valence-corrected chi connectivity index (χ0v) is 24.9. The average molecular weight is 698 g/mol. The number of halogens is 2. The zero-order chi connectivity index (χ0) is 31.8. The molecule has 0 radical (unpaired) electrons. The molecule has 1 fully saturated rings. The maximum atomic E-state index is 15.8. The van der Waals surface area contributed by atoms with Gasteiger partial charge in [0, 0.05) is 0 Å². The fourth-order valence-corrected chi connectivity index (χ4v) is 6.71. The van der Waals surface area contributed by atoms with Crippen molar-refractivity contribution in [3.63, 3.8) is 0 Å². The summed E-state index contributed by atoms with van der Waals surface area (Å²) in [4.78, 5) is 50.4. The Kier molecular flexibility index (Phi) is 7.08. The molecule has 7 rings (SSSR count). The first-order valence-corrected chi connectivity index (χ1v) is 17.3. The van der Waals surface area contributed by atoms with Crippen molar-refractivity contribution in [2.45, 2.75) is 31.2 Å². The van der Waals surface area contributed by atoms with Crippen molar-refractivity contribution in [1.29, 1.82) is 0 Å². The number of nitrogens with one attached hydrogen (secondary N) is 3. The van der Waals surface area contributed by atoms with E-state index in [0.29, 0.717) is 6.26 Å². The molecule has 4 aliphatic rings. The Labute approximate surface area is 253 Å². The number of nitrogens with two attached hydrogens (primary N) is 2. The number of hydrogen-bond acceptors (Lipinski definition) is 21. The van der Waals surface area contributed by atoms with Crippen molar-refractivity contribution >= 4 is 56.4 Å². The summed E-state index contributed by atoms with van der Waals surface area (Å²) in [6.07, 6.45) is -3.41. The zero-order valence-electron chi connectivity index (χ0n) is 22.0. The Morgan fingerprint density at radius 3 is 2.82 bits per heavy atom. The number of rotatable bonds is 2. The molecule has 4 aliphatic heterocycles. The van der Waals surface area contributed by atoms with E-state index in [4.69, 9.17) is 38.7 Å². The third kappa shape index (κ3) is 5.21. The van der Waals surface area contributed by atoms with Gasteiger partial charge in [-0.05, 0) is 0 Å². The number of nitrogens with zero attached hydrogens (tertiary/aromatic N) is 7. The summed E-state index contributed by atoms with van der Waals surface area (Å²) in [6, 6.07) is -0.661. The van der Waals surface area contributed by atoms with Gasteiger partial charge in [0.2, 0.25) is 0 Å². The Morgan fingerprint density at radius 1 is 1.22 bits per heavy atom. The Morgan fingerprint density at radius 2 is 2.02 bits per heavy atom. The van der Waals surface area contributed by atoms with E-state index in [2.05, 4.69) is 53.5 Å². The first-order chi connectivity index (χ1) is 21.3. The van der Waals surface area contributed by atoms with Crippen molar-refractivity contribution in [1.82, 2.24) is 35.6 Å². The van der Waals surface area contributed by atoms with Crippen LogP contribution in [-0.2, 0) is 24.9 Å². The normalized spacial score (nSPS) is 29.8. The fourth-order valence-electron chi connectivity index (χ4n) is 4.58. The van der Waals surface area contributed by atoms with Crippen LogP contribution in [0.4, 0.5) is 20.6 Å². The summed E-state index contributed by atoms with van der Waals surface area (Å²) >= 11 is 4.01. The number of aromatic nitrogens is 5. The van der Waals surface area contributed by atoms with Crippen LogP contribution in [0, 0.1) is 5.82 Å². The summed E-state index contributed by atoms with van der Waals surface area (Å²) in [6.45, 7) is -0.663. The van der Waals surface area contributed by atoms with Gasteiger partial charge in [-0.3, -0.25) is 0 Å². The first-order valence-electron chi connectivity index (χ1n) is 12.5. The van der Waals surface area contributed by atoms with Crippen molar-refractivity contribution in [3.05, 3.63) is 39.7 Å². The Balaban J connectivity index is 1.27. The van der Waals surface area contributed by atoms with Crippen molar-refractivity contribution < 1.29 is 50.7 Å². The van der Waals surface area contributed by atoms with E-state index in [0.717, 1.165) is 9.69 Å².